The first-order chi connectivity index (χ1) is 20.7. The van der Waals surface area contributed by atoms with Gasteiger partial charge in [-0.1, -0.05) is 36.4 Å². The van der Waals surface area contributed by atoms with E-state index in [1.807, 2.05) is 43.3 Å². The molecule has 1 fully saturated rings. The molecule has 0 spiro atoms. The third kappa shape index (κ3) is 6.57. The van der Waals surface area contributed by atoms with Crippen LogP contribution < -0.4 is 19.3 Å². The number of anilines is 2. The van der Waals surface area contributed by atoms with Crippen molar-refractivity contribution in [3.8, 4) is 22.6 Å². The lowest BCUT2D eigenvalue weighted by molar-refractivity contribution is 0.101. The minimum absolute atomic E-state index is 0.0573. The van der Waals surface area contributed by atoms with Gasteiger partial charge in [-0.05, 0) is 91.6 Å². The molecule has 9 heteroatoms. The molecule has 0 aromatic heterocycles. The summed E-state index contributed by atoms with van der Waals surface area (Å²) >= 11 is 0. The van der Waals surface area contributed by atoms with Crippen LogP contribution in [0.1, 0.15) is 36.2 Å². The minimum Gasteiger partial charge on any atom is -0.495 e. The number of urea groups is 1. The first-order valence-electron chi connectivity index (χ1n) is 14.1. The Kier molecular flexibility index (Phi) is 8.82. The van der Waals surface area contributed by atoms with Crippen molar-refractivity contribution < 1.29 is 27.5 Å². The summed E-state index contributed by atoms with van der Waals surface area (Å²) in [6, 6.07) is 26.4. The van der Waals surface area contributed by atoms with Crippen LogP contribution in [0.5, 0.6) is 11.5 Å². The Morgan fingerprint density at radius 3 is 2.23 bits per heavy atom. The van der Waals surface area contributed by atoms with E-state index in [1.165, 1.54) is 14.0 Å². The van der Waals surface area contributed by atoms with Gasteiger partial charge < -0.3 is 9.47 Å². The van der Waals surface area contributed by atoms with Gasteiger partial charge in [0.15, 0.2) is 15.6 Å². The van der Waals surface area contributed by atoms with E-state index in [2.05, 4.69) is 0 Å². The summed E-state index contributed by atoms with van der Waals surface area (Å²) in [5.41, 5.74) is 3.89. The molecule has 1 heterocycles. The number of nitrogens with zero attached hydrogens (tertiary/aromatic N) is 2. The van der Waals surface area contributed by atoms with Gasteiger partial charge in [0.2, 0.25) is 0 Å². The van der Waals surface area contributed by atoms with E-state index < -0.39 is 9.84 Å². The van der Waals surface area contributed by atoms with Crippen molar-refractivity contribution in [1.82, 2.24) is 0 Å². The number of benzene rings is 4. The highest BCUT2D eigenvalue weighted by Gasteiger charge is 2.29. The van der Waals surface area contributed by atoms with E-state index >= 15 is 0 Å². The van der Waals surface area contributed by atoms with E-state index in [9.17, 15) is 18.0 Å². The van der Waals surface area contributed by atoms with Gasteiger partial charge in [0.25, 0.3) is 0 Å². The van der Waals surface area contributed by atoms with Gasteiger partial charge in [0, 0.05) is 30.0 Å². The van der Waals surface area contributed by atoms with Gasteiger partial charge in [0.05, 0.1) is 19.5 Å². The van der Waals surface area contributed by atoms with Gasteiger partial charge >= 0.3 is 6.03 Å². The largest absolute Gasteiger partial charge is 0.495 e. The highest BCUT2D eigenvalue weighted by Crippen LogP contribution is 2.33. The number of Topliss-reactive ketones (excluding diaryl/α,β-unsaturated/α-hetero) is 1. The van der Waals surface area contributed by atoms with Crippen LogP contribution in [0.2, 0.25) is 0 Å². The van der Waals surface area contributed by atoms with Crippen LogP contribution in [0.15, 0.2) is 95.9 Å². The third-order valence-corrected chi connectivity index (χ3v) is 9.07. The molecule has 4 aromatic carbocycles. The van der Waals surface area contributed by atoms with Gasteiger partial charge in [-0.2, -0.15) is 0 Å². The summed E-state index contributed by atoms with van der Waals surface area (Å²) < 4.78 is 38.5. The van der Waals surface area contributed by atoms with Crippen LogP contribution in [0.3, 0.4) is 0 Å². The Morgan fingerprint density at radius 2 is 1.53 bits per heavy atom. The molecule has 222 valence electrons. The summed E-state index contributed by atoms with van der Waals surface area (Å²) in [7, 11) is -2.42. The van der Waals surface area contributed by atoms with Gasteiger partial charge in [0.1, 0.15) is 16.4 Å². The molecular weight excluding hydrogens is 564 g/mol. The molecule has 0 atom stereocenters. The molecule has 0 saturated carbocycles. The van der Waals surface area contributed by atoms with Gasteiger partial charge in [-0.25, -0.2) is 13.2 Å². The predicted octanol–water partition coefficient (Wildman–Crippen LogP) is 6.77. The number of carbonyl (C=O) groups excluding carboxylic acids is 2. The van der Waals surface area contributed by atoms with E-state index in [1.54, 1.807) is 64.4 Å². The number of carbonyl (C=O) groups is 2. The van der Waals surface area contributed by atoms with Crippen molar-refractivity contribution in [2.75, 3.05) is 36.6 Å². The lowest BCUT2D eigenvalue weighted by atomic mass is 10.0. The topological polar surface area (TPSA) is 93.2 Å². The maximum absolute atomic E-state index is 13.8. The number of hydrogen-bond donors (Lipinski definition) is 0. The molecule has 4 aromatic rings. The number of ether oxygens (including phenoxy) is 2. The van der Waals surface area contributed by atoms with E-state index in [-0.39, 0.29) is 28.2 Å². The van der Waals surface area contributed by atoms with E-state index in [4.69, 9.17) is 9.47 Å². The fourth-order valence-corrected chi connectivity index (χ4v) is 6.76. The van der Waals surface area contributed by atoms with Crippen LogP contribution in [-0.4, -0.2) is 47.0 Å². The standard InChI is InChI=1S/C34H34N2O6S/c1-4-42-31-15-13-29(14-16-31)35-18-7-19-36(34(35)38)30-11-5-8-25(20-30)23-43(39,40)33-22-28(12-17-32(33)41-3)27-10-6-9-26(21-27)24(2)37/h5-6,8-17,20-22H,4,7,18-19,23H2,1-3H3. The zero-order chi connectivity index (χ0) is 30.6. The molecule has 1 saturated heterocycles. The van der Waals surface area contributed by atoms with Crippen LogP contribution in [-0.2, 0) is 15.6 Å². The van der Waals surface area contributed by atoms with Crippen molar-refractivity contribution >= 4 is 33.0 Å². The zero-order valence-electron chi connectivity index (χ0n) is 24.4. The molecule has 5 rings (SSSR count). The Morgan fingerprint density at radius 1 is 0.837 bits per heavy atom. The Hall–Kier alpha value is -4.63. The Balaban J connectivity index is 1.40. The third-order valence-electron chi connectivity index (χ3n) is 7.36. The first kappa shape index (κ1) is 29.8. The average Bonchev–Trinajstić information content (AvgIpc) is 3.01. The van der Waals surface area contributed by atoms with E-state index in [0.717, 1.165) is 23.4 Å². The number of rotatable bonds is 10. The lowest BCUT2D eigenvalue weighted by Gasteiger charge is -2.35. The number of hydrogen-bond acceptors (Lipinski definition) is 6. The van der Waals surface area contributed by atoms with Crippen LogP contribution in [0.4, 0.5) is 16.2 Å². The normalized spacial score (nSPS) is 13.6. The molecule has 1 aliphatic rings. The SMILES string of the molecule is CCOc1ccc(N2CCCN(c3cccc(CS(=O)(=O)c4cc(-c5cccc(C(C)=O)c5)ccc4OC)c3)C2=O)cc1. The second-order valence-corrected chi connectivity index (χ2v) is 12.3. The highest BCUT2D eigenvalue weighted by molar-refractivity contribution is 7.90. The maximum Gasteiger partial charge on any atom is 0.328 e. The number of methoxy groups -OCH3 is 1. The van der Waals surface area contributed by atoms with Gasteiger partial charge in [-0.3, -0.25) is 14.6 Å². The summed E-state index contributed by atoms with van der Waals surface area (Å²) in [4.78, 5) is 28.9. The average molecular weight is 599 g/mol. The second-order valence-electron chi connectivity index (χ2n) is 10.3. The molecule has 8 nitrogen and oxygen atoms in total. The van der Waals surface area contributed by atoms with E-state index in [0.29, 0.717) is 42.1 Å². The van der Waals surface area contributed by atoms with Crippen molar-refractivity contribution in [3.05, 3.63) is 102 Å². The van der Waals surface area contributed by atoms with Crippen LogP contribution in [0, 0.1) is 0 Å². The summed E-state index contributed by atoms with van der Waals surface area (Å²) in [5, 5.41) is 0. The van der Waals surface area contributed by atoms with Gasteiger partial charge in [-0.15, -0.1) is 0 Å². The number of ketones is 1. The molecule has 1 aliphatic heterocycles. The summed E-state index contributed by atoms with van der Waals surface area (Å²) in [6.07, 6.45) is 0.760. The minimum atomic E-state index is -3.85. The van der Waals surface area contributed by atoms with Crippen LogP contribution in [0.25, 0.3) is 11.1 Å². The van der Waals surface area contributed by atoms with Crippen molar-refractivity contribution in [2.45, 2.75) is 30.9 Å². The van der Waals surface area contributed by atoms with Crippen molar-refractivity contribution in [1.29, 1.82) is 0 Å². The lowest BCUT2D eigenvalue weighted by Crippen LogP contribution is -2.49. The van der Waals surface area contributed by atoms with Crippen molar-refractivity contribution in [2.24, 2.45) is 0 Å². The van der Waals surface area contributed by atoms with Crippen molar-refractivity contribution in [3.63, 3.8) is 0 Å². The number of amides is 2. The smallest absolute Gasteiger partial charge is 0.328 e. The quantitative estimate of drug-likeness (QED) is 0.187. The molecule has 0 aliphatic carbocycles. The highest BCUT2D eigenvalue weighted by atomic mass is 32.2. The molecule has 2 amide bonds. The maximum atomic E-state index is 13.8. The number of sulfone groups is 1. The molecule has 0 radical (unpaired) electrons. The molecule has 0 unspecified atom stereocenters. The summed E-state index contributed by atoms with van der Waals surface area (Å²) in [5.74, 6) is 0.629. The fourth-order valence-electron chi connectivity index (χ4n) is 5.22. The molecule has 0 N–H and O–H groups in total. The molecule has 43 heavy (non-hydrogen) atoms. The Labute approximate surface area is 252 Å². The fraction of sp³-hybridized carbons (Fsp3) is 0.235. The molecule has 0 bridgehead atoms. The zero-order valence-corrected chi connectivity index (χ0v) is 25.3. The Bertz CT molecular complexity index is 1750. The molecular formula is C34H34N2O6S. The monoisotopic (exact) mass is 598 g/mol. The summed E-state index contributed by atoms with van der Waals surface area (Å²) in [6.45, 7) is 5.09. The second kappa shape index (κ2) is 12.7. The van der Waals surface area contributed by atoms with Crippen LogP contribution >= 0.6 is 0 Å². The first-order valence-corrected chi connectivity index (χ1v) is 15.8. The predicted molar refractivity (Wildman–Crippen MR) is 168 cm³/mol.